The Morgan fingerprint density at radius 1 is 1.12 bits per heavy atom. The number of methoxy groups -OCH3 is 1. The molecule has 0 radical (unpaired) electrons. The zero-order chi connectivity index (χ0) is 17.6. The van der Waals surface area contributed by atoms with E-state index >= 15 is 0 Å². The van der Waals surface area contributed by atoms with E-state index in [0.717, 1.165) is 61.9 Å². The van der Waals surface area contributed by atoms with E-state index in [1.165, 1.54) is 7.11 Å². The highest BCUT2D eigenvalue weighted by molar-refractivity contribution is 7.10. The smallest absolute Gasteiger partial charge is 0.305 e. The molecule has 0 atom stereocenters. The highest BCUT2D eigenvalue weighted by Crippen LogP contribution is 2.18. The molecule has 1 aromatic rings. The summed E-state index contributed by atoms with van der Waals surface area (Å²) < 4.78 is 4.63. The number of ether oxygens (including phenoxy) is 1. The average Bonchev–Trinajstić information content (AvgIpc) is 3.03. The minimum absolute atomic E-state index is 0.134. The standard InChI is InChI=1S/C19H29NO3S/c1-3-4-7-10-16(21)13-14-18-17(20-15-24-18)11-8-5-6-9-12-19(22)23-2/h13-15H,3-12H2,1-2H3/b14-13+. The van der Waals surface area contributed by atoms with Gasteiger partial charge in [-0.3, -0.25) is 9.59 Å². The van der Waals surface area contributed by atoms with Crippen molar-refractivity contribution in [2.24, 2.45) is 0 Å². The molecule has 5 heteroatoms. The number of carbonyl (C=O) groups excluding carboxylic acids is 2. The SMILES string of the molecule is CCCCCC(=O)/C=C/c1scnc1CCCCCCC(=O)OC. The predicted octanol–water partition coefficient (Wildman–Crippen LogP) is 4.97. The fraction of sp³-hybridized carbons (Fsp3) is 0.632. The van der Waals surface area contributed by atoms with Crippen LogP contribution in [0.4, 0.5) is 0 Å². The van der Waals surface area contributed by atoms with E-state index in [9.17, 15) is 9.59 Å². The van der Waals surface area contributed by atoms with E-state index < -0.39 is 0 Å². The fourth-order valence-electron chi connectivity index (χ4n) is 2.42. The van der Waals surface area contributed by atoms with Gasteiger partial charge in [0.1, 0.15) is 0 Å². The van der Waals surface area contributed by atoms with Crippen LogP contribution in [-0.2, 0) is 20.7 Å². The van der Waals surface area contributed by atoms with Crippen LogP contribution in [0.2, 0.25) is 0 Å². The lowest BCUT2D eigenvalue weighted by Crippen LogP contribution is -1.99. The van der Waals surface area contributed by atoms with Gasteiger partial charge >= 0.3 is 5.97 Å². The molecular weight excluding hydrogens is 322 g/mol. The lowest BCUT2D eigenvalue weighted by atomic mass is 10.1. The number of aryl methyl sites for hydroxylation is 1. The molecule has 1 rings (SSSR count). The summed E-state index contributed by atoms with van der Waals surface area (Å²) in [6, 6.07) is 0. The van der Waals surface area contributed by atoms with Crippen molar-refractivity contribution >= 4 is 29.2 Å². The number of ketones is 1. The van der Waals surface area contributed by atoms with Crippen LogP contribution in [0.3, 0.4) is 0 Å². The number of unbranched alkanes of at least 4 members (excludes halogenated alkanes) is 5. The second-order valence-electron chi connectivity index (χ2n) is 5.91. The van der Waals surface area contributed by atoms with Gasteiger partial charge in [-0.2, -0.15) is 0 Å². The molecule has 134 valence electrons. The normalized spacial score (nSPS) is 11.1. The van der Waals surface area contributed by atoms with Crippen LogP contribution < -0.4 is 0 Å². The molecule has 0 amide bonds. The van der Waals surface area contributed by atoms with E-state index in [-0.39, 0.29) is 11.8 Å². The van der Waals surface area contributed by atoms with Gasteiger partial charge in [0, 0.05) is 12.8 Å². The third kappa shape index (κ3) is 8.96. The largest absolute Gasteiger partial charge is 0.469 e. The van der Waals surface area contributed by atoms with Crippen molar-refractivity contribution in [3.8, 4) is 0 Å². The summed E-state index contributed by atoms with van der Waals surface area (Å²) in [4.78, 5) is 28.3. The van der Waals surface area contributed by atoms with Crippen LogP contribution in [0, 0.1) is 0 Å². The first-order chi connectivity index (χ1) is 11.7. The topological polar surface area (TPSA) is 56.3 Å². The van der Waals surface area contributed by atoms with Crippen molar-refractivity contribution in [2.45, 2.75) is 71.1 Å². The molecule has 0 bridgehead atoms. The van der Waals surface area contributed by atoms with Gasteiger partial charge < -0.3 is 4.74 Å². The van der Waals surface area contributed by atoms with E-state index in [4.69, 9.17) is 0 Å². The zero-order valence-electron chi connectivity index (χ0n) is 14.9. The summed E-state index contributed by atoms with van der Waals surface area (Å²) in [5, 5.41) is 0. The Kier molecular flexibility index (Phi) is 11.0. The fourth-order valence-corrected chi connectivity index (χ4v) is 3.15. The maximum absolute atomic E-state index is 11.8. The molecule has 0 N–H and O–H groups in total. The average molecular weight is 352 g/mol. The van der Waals surface area contributed by atoms with Crippen molar-refractivity contribution in [3.63, 3.8) is 0 Å². The minimum atomic E-state index is -0.134. The van der Waals surface area contributed by atoms with Gasteiger partial charge in [0.25, 0.3) is 0 Å². The summed E-state index contributed by atoms with van der Waals surface area (Å²) in [5.41, 5.74) is 2.92. The number of aromatic nitrogens is 1. The third-order valence-corrected chi connectivity index (χ3v) is 4.73. The molecule has 4 nitrogen and oxygen atoms in total. The first-order valence-electron chi connectivity index (χ1n) is 8.87. The Morgan fingerprint density at radius 2 is 1.88 bits per heavy atom. The van der Waals surface area contributed by atoms with Crippen LogP contribution in [0.15, 0.2) is 11.6 Å². The minimum Gasteiger partial charge on any atom is -0.469 e. The van der Waals surface area contributed by atoms with E-state index in [1.54, 1.807) is 17.4 Å². The van der Waals surface area contributed by atoms with Crippen molar-refractivity contribution in [2.75, 3.05) is 7.11 Å². The highest BCUT2D eigenvalue weighted by atomic mass is 32.1. The molecule has 0 aromatic carbocycles. The van der Waals surface area contributed by atoms with Crippen LogP contribution in [0.1, 0.15) is 75.3 Å². The first-order valence-corrected chi connectivity index (χ1v) is 9.75. The predicted molar refractivity (Wildman–Crippen MR) is 99.1 cm³/mol. The summed E-state index contributed by atoms with van der Waals surface area (Å²) in [7, 11) is 1.42. The van der Waals surface area contributed by atoms with Crippen LogP contribution in [-0.4, -0.2) is 23.8 Å². The molecule has 0 saturated heterocycles. The van der Waals surface area contributed by atoms with Gasteiger partial charge in [-0.05, 0) is 37.8 Å². The Bertz CT molecular complexity index is 522. The highest BCUT2D eigenvalue weighted by Gasteiger charge is 2.05. The van der Waals surface area contributed by atoms with Gasteiger partial charge in [0.05, 0.1) is 23.2 Å². The molecule has 24 heavy (non-hydrogen) atoms. The molecule has 0 fully saturated rings. The van der Waals surface area contributed by atoms with E-state index in [2.05, 4.69) is 16.6 Å². The number of thiazole rings is 1. The van der Waals surface area contributed by atoms with E-state index in [1.807, 2.05) is 11.6 Å². The van der Waals surface area contributed by atoms with Crippen LogP contribution in [0.25, 0.3) is 6.08 Å². The number of esters is 1. The molecule has 0 aliphatic heterocycles. The Hall–Kier alpha value is -1.49. The molecule has 0 aliphatic carbocycles. The maximum atomic E-state index is 11.8. The number of nitrogens with zero attached hydrogens (tertiary/aromatic N) is 1. The quantitative estimate of drug-likeness (QED) is 0.286. The lowest BCUT2D eigenvalue weighted by Gasteiger charge is -2.01. The van der Waals surface area contributed by atoms with Gasteiger partial charge in [-0.25, -0.2) is 4.98 Å². The first kappa shape index (κ1) is 20.6. The molecule has 0 spiro atoms. The summed E-state index contributed by atoms with van der Waals surface area (Å²) in [6.45, 7) is 2.14. The maximum Gasteiger partial charge on any atom is 0.305 e. The summed E-state index contributed by atoms with van der Waals surface area (Å²) >= 11 is 1.58. The summed E-state index contributed by atoms with van der Waals surface area (Å²) in [6.07, 6.45) is 12.9. The lowest BCUT2D eigenvalue weighted by molar-refractivity contribution is -0.140. The number of carbonyl (C=O) groups is 2. The van der Waals surface area contributed by atoms with Crippen LogP contribution >= 0.6 is 11.3 Å². The van der Waals surface area contributed by atoms with Crippen molar-refractivity contribution in [1.82, 2.24) is 4.98 Å². The number of allylic oxidation sites excluding steroid dienone is 1. The second-order valence-corrected chi connectivity index (χ2v) is 6.80. The molecule has 0 saturated carbocycles. The third-order valence-electron chi connectivity index (χ3n) is 3.89. The van der Waals surface area contributed by atoms with Crippen LogP contribution in [0.5, 0.6) is 0 Å². The monoisotopic (exact) mass is 351 g/mol. The van der Waals surface area contributed by atoms with E-state index in [0.29, 0.717) is 12.8 Å². The van der Waals surface area contributed by atoms with Crippen molar-refractivity contribution < 1.29 is 14.3 Å². The Morgan fingerprint density at radius 3 is 2.62 bits per heavy atom. The molecule has 0 unspecified atom stereocenters. The van der Waals surface area contributed by atoms with Gasteiger partial charge in [-0.1, -0.05) is 32.6 Å². The second kappa shape index (κ2) is 12.9. The molecule has 0 aliphatic rings. The van der Waals surface area contributed by atoms with Gasteiger partial charge in [0.2, 0.25) is 0 Å². The number of rotatable bonds is 13. The molecular formula is C19H29NO3S. The van der Waals surface area contributed by atoms with Crippen molar-refractivity contribution in [3.05, 3.63) is 22.2 Å². The Balaban J connectivity index is 2.27. The molecule has 1 aromatic heterocycles. The Labute approximate surface area is 149 Å². The van der Waals surface area contributed by atoms with Gasteiger partial charge in [-0.15, -0.1) is 11.3 Å². The molecule has 1 heterocycles. The summed E-state index contributed by atoms with van der Waals surface area (Å²) in [5.74, 6) is 0.0659. The number of hydrogen-bond acceptors (Lipinski definition) is 5. The van der Waals surface area contributed by atoms with Crippen molar-refractivity contribution in [1.29, 1.82) is 0 Å². The number of hydrogen-bond donors (Lipinski definition) is 0. The van der Waals surface area contributed by atoms with Gasteiger partial charge in [0.15, 0.2) is 5.78 Å². The zero-order valence-corrected chi connectivity index (χ0v) is 15.7.